The number of hydrogen-bond donors (Lipinski definition) is 1. The third-order valence-corrected chi connectivity index (χ3v) is 5.46. The zero-order valence-electron chi connectivity index (χ0n) is 14.4. The first-order chi connectivity index (χ1) is 13.1. The molecule has 1 N–H and O–H groups in total. The summed E-state index contributed by atoms with van der Waals surface area (Å²) in [6, 6.07) is 16.9. The number of anilines is 1. The van der Waals surface area contributed by atoms with Crippen molar-refractivity contribution in [2.24, 2.45) is 0 Å². The molecule has 0 saturated heterocycles. The van der Waals surface area contributed by atoms with Crippen LogP contribution in [0.4, 0.5) is 10.1 Å². The molecule has 0 fully saturated rings. The predicted molar refractivity (Wildman–Crippen MR) is 103 cm³/mol. The molecule has 0 saturated carbocycles. The van der Waals surface area contributed by atoms with Crippen molar-refractivity contribution in [1.82, 2.24) is 4.90 Å². The predicted octanol–water partition coefficient (Wildman–Crippen LogP) is 4.00. The molecule has 6 heteroatoms. The zero-order valence-corrected chi connectivity index (χ0v) is 15.2. The summed E-state index contributed by atoms with van der Waals surface area (Å²) in [6.45, 7) is -0.0788. The summed E-state index contributed by atoms with van der Waals surface area (Å²) < 4.78 is 14.0. The van der Waals surface area contributed by atoms with Crippen LogP contribution in [0.1, 0.15) is 22.0 Å². The summed E-state index contributed by atoms with van der Waals surface area (Å²) >= 11 is 1.48. The lowest BCUT2D eigenvalue weighted by molar-refractivity contribution is -0.135. The maximum atomic E-state index is 14.0. The molecule has 1 unspecified atom stereocenters. The Morgan fingerprint density at radius 3 is 2.70 bits per heavy atom. The summed E-state index contributed by atoms with van der Waals surface area (Å²) in [6.07, 6.45) is 0.181. The molecule has 4 nitrogen and oxygen atoms in total. The molecular formula is C21H17FN2O2S. The van der Waals surface area contributed by atoms with Gasteiger partial charge in [-0.05, 0) is 35.2 Å². The average Bonchev–Trinajstić information content (AvgIpc) is 3.13. The van der Waals surface area contributed by atoms with Crippen LogP contribution in [0.15, 0.2) is 66.0 Å². The number of benzene rings is 2. The van der Waals surface area contributed by atoms with E-state index in [-0.39, 0.29) is 24.8 Å². The van der Waals surface area contributed by atoms with Gasteiger partial charge in [-0.15, -0.1) is 11.3 Å². The van der Waals surface area contributed by atoms with Gasteiger partial charge in [0.25, 0.3) is 0 Å². The largest absolute Gasteiger partial charge is 0.324 e. The molecule has 4 rings (SSSR count). The number of hydrogen-bond acceptors (Lipinski definition) is 3. The Labute approximate surface area is 160 Å². The first-order valence-corrected chi connectivity index (χ1v) is 9.46. The Kier molecular flexibility index (Phi) is 4.73. The van der Waals surface area contributed by atoms with E-state index in [4.69, 9.17) is 0 Å². The second-order valence-electron chi connectivity index (χ2n) is 6.38. The van der Waals surface area contributed by atoms with Gasteiger partial charge < -0.3 is 10.2 Å². The number of thiophene rings is 1. The number of carbonyl (C=O) groups excluding carboxylic acids is 2. The van der Waals surface area contributed by atoms with Crippen LogP contribution in [0, 0.1) is 5.82 Å². The van der Waals surface area contributed by atoms with Crippen LogP contribution in [0.3, 0.4) is 0 Å². The molecule has 27 heavy (non-hydrogen) atoms. The minimum atomic E-state index is -0.508. The van der Waals surface area contributed by atoms with E-state index < -0.39 is 11.9 Å². The van der Waals surface area contributed by atoms with Gasteiger partial charge in [0.05, 0.1) is 12.5 Å². The highest BCUT2D eigenvalue weighted by molar-refractivity contribution is 7.10. The molecule has 1 atom stereocenters. The Bertz CT molecular complexity index is 973. The molecule has 3 aromatic rings. The SMILES string of the molecule is O=C1CN(C(=O)Cc2ccccc2)C(c2cccs2)c2cc(F)ccc2N1. The van der Waals surface area contributed by atoms with E-state index >= 15 is 0 Å². The van der Waals surface area contributed by atoms with E-state index in [9.17, 15) is 14.0 Å². The molecular weight excluding hydrogens is 363 g/mol. The molecule has 136 valence electrons. The van der Waals surface area contributed by atoms with Crippen LogP contribution in [-0.2, 0) is 16.0 Å². The lowest BCUT2D eigenvalue weighted by atomic mass is 10.0. The molecule has 0 aliphatic carbocycles. The topological polar surface area (TPSA) is 49.4 Å². The van der Waals surface area contributed by atoms with Crippen molar-refractivity contribution < 1.29 is 14.0 Å². The van der Waals surface area contributed by atoms with E-state index in [0.717, 1.165) is 10.4 Å². The van der Waals surface area contributed by atoms with E-state index in [0.29, 0.717) is 11.3 Å². The van der Waals surface area contributed by atoms with Gasteiger partial charge in [0, 0.05) is 16.1 Å². The summed E-state index contributed by atoms with van der Waals surface area (Å²) in [5.41, 5.74) is 2.00. The van der Waals surface area contributed by atoms with Gasteiger partial charge in [-0.3, -0.25) is 9.59 Å². The fourth-order valence-corrected chi connectivity index (χ4v) is 4.19. The Morgan fingerprint density at radius 1 is 1.15 bits per heavy atom. The van der Waals surface area contributed by atoms with E-state index in [2.05, 4.69) is 5.32 Å². The fourth-order valence-electron chi connectivity index (χ4n) is 3.34. The molecule has 1 aliphatic heterocycles. The number of halogens is 1. The van der Waals surface area contributed by atoms with Crippen molar-refractivity contribution in [2.45, 2.75) is 12.5 Å². The smallest absolute Gasteiger partial charge is 0.244 e. The van der Waals surface area contributed by atoms with Gasteiger partial charge in [-0.2, -0.15) is 0 Å². The number of fused-ring (bicyclic) bond motifs is 1. The summed E-state index contributed by atoms with van der Waals surface area (Å²) in [5.74, 6) is -0.864. The summed E-state index contributed by atoms with van der Waals surface area (Å²) in [7, 11) is 0. The maximum absolute atomic E-state index is 14.0. The van der Waals surface area contributed by atoms with Gasteiger partial charge in [-0.1, -0.05) is 36.4 Å². The highest BCUT2D eigenvalue weighted by atomic mass is 32.1. The fraction of sp³-hybridized carbons (Fsp3) is 0.143. The second kappa shape index (κ2) is 7.32. The van der Waals surface area contributed by atoms with Gasteiger partial charge >= 0.3 is 0 Å². The number of rotatable bonds is 3. The molecule has 2 heterocycles. The normalized spacial score (nSPS) is 16.4. The van der Waals surface area contributed by atoms with E-state index in [1.807, 2.05) is 47.8 Å². The minimum Gasteiger partial charge on any atom is -0.324 e. The van der Waals surface area contributed by atoms with Gasteiger partial charge in [-0.25, -0.2) is 4.39 Å². The van der Waals surface area contributed by atoms with Crippen molar-refractivity contribution in [3.8, 4) is 0 Å². The van der Waals surface area contributed by atoms with Gasteiger partial charge in [0.2, 0.25) is 11.8 Å². The molecule has 1 aliphatic rings. The van der Waals surface area contributed by atoms with Crippen molar-refractivity contribution >= 4 is 28.8 Å². The zero-order chi connectivity index (χ0) is 18.8. The van der Waals surface area contributed by atoms with Crippen LogP contribution >= 0.6 is 11.3 Å². The van der Waals surface area contributed by atoms with E-state index in [1.54, 1.807) is 11.0 Å². The van der Waals surface area contributed by atoms with Gasteiger partial charge in [0.15, 0.2) is 0 Å². The second-order valence-corrected chi connectivity index (χ2v) is 7.36. The summed E-state index contributed by atoms with van der Waals surface area (Å²) in [5, 5.41) is 4.71. The highest BCUT2D eigenvalue weighted by Gasteiger charge is 2.34. The highest BCUT2D eigenvalue weighted by Crippen LogP contribution is 2.38. The van der Waals surface area contributed by atoms with E-state index in [1.165, 1.54) is 23.5 Å². The van der Waals surface area contributed by atoms with Crippen LogP contribution < -0.4 is 5.32 Å². The molecule has 2 amide bonds. The average molecular weight is 380 g/mol. The monoisotopic (exact) mass is 380 g/mol. The van der Waals surface area contributed by atoms with Crippen molar-refractivity contribution in [3.05, 3.63) is 87.9 Å². The minimum absolute atomic E-state index is 0.0788. The van der Waals surface area contributed by atoms with Crippen LogP contribution in [0.5, 0.6) is 0 Å². The first kappa shape index (κ1) is 17.4. The number of carbonyl (C=O) groups is 2. The Morgan fingerprint density at radius 2 is 1.96 bits per heavy atom. The lowest BCUT2D eigenvalue weighted by Crippen LogP contribution is -2.39. The molecule has 2 aromatic carbocycles. The third kappa shape index (κ3) is 3.61. The summed E-state index contributed by atoms with van der Waals surface area (Å²) in [4.78, 5) is 28.0. The van der Waals surface area contributed by atoms with Gasteiger partial charge in [0.1, 0.15) is 12.4 Å². The number of nitrogens with zero attached hydrogens (tertiary/aromatic N) is 1. The standard InChI is InChI=1S/C21H17FN2O2S/c22-15-8-9-17-16(12-15)21(18-7-4-10-27-18)24(13-19(25)23-17)20(26)11-14-5-2-1-3-6-14/h1-10,12,21H,11,13H2,(H,23,25). The number of amides is 2. The molecule has 1 aromatic heterocycles. The van der Waals surface area contributed by atoms with Crippen molar-refractivity contribution in [1.29, 1.82) is 0 Å². The first-order valence-electron chi connectivity index (χ1n) is 8.58. The molecule has 0 radical (unpaired) electrons. The van der Waals surface area contributed by atoms with Crippen molar-refractivity contribution in [3.63, 3.8) is 0 Å². The van der Waals surface area contributed by atoms with Crippen molar-refractivity contribution in [2.75, 3.05) is 11.9 Å². The molecule has 0 spiro atoms. The maximum Gasteiger partial charge on any atom is 0.244 e. The number of nitrogens with one attached hydrogen (secondary N) is 1. The third-order valence-electron chi connectivity index (χ3n) is 4.54. The van der Waals surface area contributed by atoms with Crippen LogP contribution in [-0.4, -0.2) is 23.3 Å². The lowest BCUT2D eigenvalue weighted by Gasteiger charge is -2.29. The van der Waals surface area contributed by atoms with Crippen LogP contribution in [0.2, 0.25) is 0 Å². The quantitative estimate of drug-likeness (QED) is 0.747. The molecule has 0 bridgehead atoms. The Hall–Kier alpha value is -2.99. The Balaban J connectivity index is 1.78. The van der Waals surface area contributed by atoms with Crippen LogP contribution in [0.25, 0.3) is 0 Å².